The van der Waals surface area contributed by atoms with E-state index in [0.29, 0.717) is 11.5 Å². The molecule has 1 aliphatic rings. The molecule has 4 unspecified atom stereocenters. The van der Waals surface area contributed by atoms with Crippen molar-refractivity contribution in [2.75, 3.05) is 13.1 Å². The highest BCUT2D eigenvalue weighted by molar-refractivity contribution is 4.96. The van der Waals surface area contributed by atoms with Crippen molar-refractivity contribution in [2.24, 2.45) is 46.8 Å². The van der Waals surface area contributed by atoms with Crippen LogP contribution in [0.3, 0.4) is 0 Å². The molecule has 0 saturated carbocycles. The van der Waals surface area contributed by atoms with Gasteiger partial charge in [0.15, 0.2) is 0 Å². The number of hydrogen-bond donors (Lipinski definition) is 0. The van der Waals surface area contributed by atoms with E-state index in [4.69, 9.17) is 0 Å². The maximum Gasteiger partial charge on any atom is 0.00388 e. The predicted octanol–water partition coefficient (Wildman–Crippen LogP) is 6.19. The van der Waals surface area contributed by atoms with Crippen LogP contribution in [0.2, 0.25) is 0 Å². The molecule has 23 heavy (non-hydrogen) atoms. The summed E-state index contributed by atoms with van der Waals surface area (Å²) in [5.74, 6) is 5.56. The molecule has 0 radical (unpaired) electrons. The second kappa shape index (κ2) is 7.89. The molecule has 138 valence electrons. The molecule has 1 saturated heterocycles. The normalized spacial score (nSPS) is 31.4. The average Bonchev–Trinajstić information content (AvgIpc) is 2.54. The lowest BCUT2D eigenvalue weighted by Gasteiger charge is -2.46. The maximum absolute atomic E-state index is 2.79. The SMILES string of the molecule is CC(C)C1CN(C(C)C)CC(C(C)(C)C)C(C(C)C)C1C(C)C. The van der Waals surface area contributed by atoms with E-state index in [1.807, 2.05) is 0 Å². The summed E-state index contributed by atoms with van der Waals surface area (Å²) in [5, 5.41) is 0. The second-order valence-electron chi connectivity index (χ2n) is 10.6. The Kier molecular flexibility index (Phi) is 7.21. The smallest absolute Gasteiger partial charge is 0.00388 e. The van der Waals surface area contributed by atoms with Crippen LogP contribution in [0.1, 0.15) is 76.2 Å². The Morgan fingerprint density at radius 1 is 0.696 bits per heavy atom. The molecule has 0 aliphatic carbocycles. The van der Waals surface area contributed by atoms with Gasteiger partial charge in [-0.1, -0.05) is 62.3 Å². The van der Waals surface area contributed by atoms with Gasteiger partial charge in [0.2, 0.25) is 0 Å². The van der Waals surface area contributed by atoms with E-state index in [0.717, 1.165) is 41.4 Å². The van der Waals surface area contributed by atoms with Crippen LogP contribution in [0.25, 0.3) is 0 Å². The van der Waals surface area contributed by atoms with Crippen LogP contribution in [0, 0.1) is 46.8 Å². The Hall–Kier alpha value is -0.0400. The zero-order chi connectivity index (χ0) is 18.1. The molecule has 1 heterocycles. The highest BCUT2D eigenvalue weighted by atomic mass is 15.2. The van der Waals surface area contributed by atoms with Gasteiger partial charge in [-0.15, -0.1) is 0 Å². The van der Waals surface area contributed by atoms with Crippen LogP contribution in [0.4, 0.5) is 0 Å². The Morgan fingerprint density at radius 3 is 1.48 bits per heavy atom. The van der Waals surface area contributed by atoms with Crippen LogP contribution in [-0.2, 0) is 0 Å². The lowest BCUT2D eigenvalue weighted by atomic mass is 9.59. The van der Waals surface area contributed by atoms with Crippen molar-refractivity contribution in [3.63, 3.8) is 0 Å². The molecule has 0 bridgehead atoms. The molecular formula is C22H45N. The third kappa shape index (κ3) is 4.97. The second-order valence-corrected chi connectivity index (χ2v) is 10.6. The molecule has 0 aromatic carbocycles. The Morgan fingerprint density at radius 2 is 1.17 bits per heavy atom. The number of rotatable bonds is 4. The molecule has 4 atom stereocenters. The highest BCUT2D eigenvalue weighted by Gasteiger charge is 2.46. The summed E-state index contributed by atoms with van der Waals surface area (Å²) >= 11 is 0. The molecule has 0 spiro atoms. The van der Waals surface area contributed by atoms with Crippen LogP contribution in [0.15, 0.2) is 0 Å². The first-order valence-corrected chi connectivity index (χ1v) is 10.1. The van der Waals surface area contributed by atoms with E-state index in [1.54, 1.807) is 0 Å². The largest absolute Gasteiger partial charge is 0.300 e. The van der Waals surface area contributed by atoms with Gasteiger partial charge in [-0.05, 0) is 60.7 Å². The molecular weight excluding hydrogens is 278 g/mol. The summed E-state index contributed by atoms with van der Waals surface area (Å²) in [7, 11) is 0. The monoisotopic (exact) mass is 323 g/mol. The van der Waals surface area contributed by atoms with E-state index in [9.17, 15) is 0 Å². The Bertz CT molecular complexity index is 347. The van der Waals surface area contributed by atoms with Crippen molar-refractivity contribution in [1.82, 2.24) is 4.90 Å². The van der Waals surface area contributed by atoms with E-state index in [1.165, 1.54) is 13.1 Å². The van der Waals surface area contributed by atoms with Gasteiger partial charge in [-0.3, -0.25) is 0 Å². The van der Waals surface area contributed by atoms with Crippen molar-refractivity contribution >= 4 is 0 Å². The highest BCUT2D eigenvalue weighted by Crippen LogP contribution is 2.49. The summed E-state index contributed by atoms with van der Waals surface area (Å²) in [5.41, 5.74) is 0.376. The first-order valence-electron chi connectivity index (χ1n) is 10.1. The minimum Gasteiger partial charge on any atom is -0.300 e. The van der Waals surface area contributed by atoms with Crippen LogP contribution >= 0.6 is 0 Å². The Balaban J connectivity index is 3.41. The first kappa shape index (κ1) is 21.0. The zero-order valence-electron chi connectivity index (χ0n) is 18.0. The van der Waals surface area contributed by atoms with Gasteiger partial charge in [0.05, 0.1) is 0 Å². The summed E-state index contributed by atoms with van der Waals surface area (Å²) in [6.45, 7) is 29.5. The zero-order valence-corrected chi connectivity index (χ0v) is 18.0. The molecule has 1 rings (SSSR count). The van der Waals surface area contributed by atoms with Gasteiger partial charge in [-0.2, -0.15) is 0 Å². The average molecular weight is 324 g/mol. The van der Waals surface area contributed by atoms with E-state index >= 15 is 0 Å². The third-order valence-corrected chi connectivity index (χ3v) is 6.52. The van der Waals surface area contributed by atoms with Crippen molar-refractivity contribution in [3.8, 4) is 0 Å². The van der Waals surface area contributed by atoms with Gasteiger partial charge in [0.1, 0.15) is 0 Å². The number of hydrogen-bond acceptors (Lipinski definition) is 1. The van der Waals surface area contributed by atoms with Gasteiger partial charge >= 0.3 is 0 Å². The lowest BCUT2D eigenvalue weighted by Crippen LogP contribution is -2.43. The lowest BCUT2D eigenvalue weighted by molar-refractivity contribution is 0.0288. The van der Waals surface area contributed by atoms with Gasteiger partial charge < -0.3 is 4.90 Å². The third-order valence-electron chi connectivity index (χ3n) is 6.52. The van der Waals surface area contributed by atoms with Crippen molar-refractivity contribution in [1.29, 1.82) is 0 Å². The van der Waals surface area contributed by atoms with Gasteiger partial charge in [0, 0.05) is 19.1 Å². The van der Waals surface area contributed by atoms with Crippen LogP contribution in [0.5, 0.6) is 0 Å². The van der Waals surface area contributed by atoms with Crippen molar-refractivity contribution < 1.29 is 0 Å². The van der Waals surface area contributed by atoms with E-state index < -0.39 is 0 Å². The summed E-state index contributed by atoms with van der Waals surface area (Å²) in [4.78, 5) is 2.79. The van der Waals surface area contributed by atoms with Crippen molar-refractivity contribution in [2.45, 2.75) is 82.2 Å². The quantitative estimate of drug-likeness (QED) is 0.596. The summed E-state index contributed by atoms with van der Waals surface area (Å²) in [6.07, 6.45) is 0. The molecule has 1 fully saturated rings. The van der Waals surface area contributed by atoms with Crippen LogP contribution < -0.4 is 0 Å². The predicted molar refractivity (Wildman–Crippen MR) is 105 cm³/mol. The molecule has 1 heteroatoms. The van der Waals surface area contributed by atoms with E-state index in [2.05, 4.69) is 81.1 Å². The Labute approximate surface area is 147 Å². The molecule has 1 aliphatic heterocycles. The molecule has 0 N–H and O–H groups in total. The topological polar surface area (TPSA) is 3.24 Å². The molecule has 1 nitrogen and oxygen atoms in total. The fourth-order valence-electron chi connectivity index (χ4n) is 5.17. The maximum atomic E-state index is 2.79. The van der Waals surface area contributed by atoms with Gasteiger partial charge in [0.25, 0.3) is 0 Å². The summed E-state index contributed by atoms with van der Waals surface area (Å²) in [6, 6.07) is 0.653. The van der Waals surface area contributed by atoms with Gasteiger partial charge in [-0.25, -0.2) is 0 Å². The molecule has 0 aromatic heterocycles. The molecule has 0 aromatic rings. The number of nitrogens with zero attached hydrogens (tertiary/aromatic N) is 1. The molecule has 0 amide bonds. The standard InChI is InChI=1S/C22H45N/c1-14(2)18-12-23(17(7)8)13-19(22(9,10)11)21(16(5)6)20(18)15(3)4/h14-21H,12-13H2,1-11H3. The fraction of sp³-hybridized carbons (Fsp3) is 1.00. The summed E-state index contributed by atoms with van der Waals surface area (Å²) < 4.78 is 0. The van der Waals surface area contributed by atoms with E-state index in [-0.39, 0.29) is 0 Å². The minimum atomic E-state index is 0.376. The fourth-order valence-corrected chi connectivity index (χ4v) is 5.17. The van der Waals surface area contributed by atoms with Crippen molar-refractivity contribution in [3.05, 3.63) is 0 Å². The minimum absolute atomic E-state index is 0.376. The number of likely N-dealkylation sites (tertiary alicyclic amines) is 1. The van der Waals surface area contributed by atoms with Crippen LogP contribution in [-0.4, -0.2) is 24.0 Å². The first-order chi connectivity index (χ1) is 10.4.